The Kier molecular flexibility index (Phi) is 5.16. The van der Waals surface area contributed by atoms with Gasteiger partial charge in [0.1, 0.15) is 0 Å². The molecule has 1 aromatic heterocycles. The highest BCUT2D eigenvalue weighted by atomic mass is 35.5. The van der Waals surface area contributed by atoms with Crippen LogP contribution in [0.1, 0.15) is 34.8 Å². The minimum absolute atomic E-state index is 0.0274. The van der Waals surface area contributed by atoms with Gasteiger partial charge in [-0.2, -0.15) is 0 Å². The standard InChI is InChI=1S/C22H20ClN3O/c23-19-10-4-8-17(14-19)22(27)26-13-5-9-18(15-26)20-11-12-24-21(25-20)16-6-2-1-3-7-16/h1-4,6-8,10-12,14,18H,5,9,13,15H2. The Hall–Kier alpha value is -2.72. The van der Waals surface area contributed by atoms with Crippen LogP contribution in [0.5, 0.6) is 0 Å². The van der Waals surface area contributed by atoms with E-state index in [2.05, 4.69) is 4.98 Å². The van der Waals surface area contributed by atoms with E-state index < -0.39 is 0 Å². The van der Waals surface area contributed by atoms with E-state index in [1.807, 2.05) is 59.6 Å². The first-order chi connectivity index (χ1) is 13.2. The van der Waals surface area contributed by atoms with Crippen molar-refractivity contribution in [3.05, 3.63) is 83.1 Å². The van der Waals surface area contributed by atoms with E-state index in [0.717, 1.165) is 36.5 Å². The number of nitrogens with zero attached hydrogens (tertiary/aromatic N) is 3. The number of likely N-dealkylation sites (tertiary alicyclic amines) is 1. The Morgan fingerprint density at radius 3 is 2.74 bits per heavy atom. The zero-order chi connectivity index (χ0) is 18.6. The van der Waals surface area contributed by atoms with Crippen LogP contribution in [0.3, 0.4) is 0 Å². The minimum Gasteiger partial charge on any atom is -0.338 e. The summed E-state index contributed by atoms with van der Waals surface area (Å²) in [7, 11) is 0. The van der Waals surface area contributed by atoms with Crippen molar-refractivity contribution in [3.63, 3.8) is 0 Å². The van der Waals surface area contributed by atoms with Gasteiger partial charge in [-0.25, -0.2) is 9.97 Å². The highest BCUT2D eigenvalue weighted by Crippen LogP contribution is 2.28. The number of piperidine rings is 1. The number of carbonyl (C=O) groups excluding carboxylic acids is 1. The molecule has 0 spiro atoms. The van der Waals surface area contributed by atoms with Crippen LogP contribution in [-0.4, -0.2) is 33.9 Å². The molecular weight excluding hydrogens is 358 g/mol. The van der Waals surface area contributed by atoms with Crippen molar-refractivity contribution in [2.45, 2.75) is 18.8 Å². The van der Waals surface area contributed by atoms with E-state index in [1.54, 1.807) is 12.1 Å². The molecule has 136 valence electrons. The van der Waals surface area contributed by atoms with Gasteiger partial charge in [0.05, 0.1) is 0 Å². The van der Waals surface area contributed by atoms with E-state index in [4.69, 9.17) is 16.6 Å². The summed E-state index contributed by atoms with van der Waals surface area (Å²) in [4.78, 5) is 23.9. The second-order valence-corrected chi connectivity index (χ2v) is 7.21. The molecule has 1 aliphatic rings. The highest BCUT2D eigenvalue weighted by molar-refractivity contribution is 6.30. The number of benzene rings is 2. The van der Waals surface area contributed by atoms with Gasteiger partial charge in [0.25, 0.3) is 5.91 Å². The van der Waals surface area contributed by atoms with Crippen LogP contribution in [0.2, 0.25) is 5.02 Å². The number of aromatic nitrogens is 2. The van der Waals surface area contributed by atoms with Gasteiger partial charge in [-0.05, 0) is 37.1 Å². The summed E-state index contributed by atoms with van der Waals surface area (Å²) in [5, 5.41) is 0.581. The minimum atomic E-state index is 0.0274. The zero-order valence-corrected chi connectivity index (χ0v) is 15.6. The van der Waals surface area contributed by atoms with Gasteiger partial charge in [-0.1, -0.05) is 48.0 Å². The fourth-order valence-electron chi connectivity index (χ4n) is 3.53. The van der Waals surface area contributed by atoms with Crippen LogP contribution in [0.4, 0.5) is 0 Å². The van der Waals surface area contributed by atoms with Gasteiger partial charge < -0.3 is 4.90 Å². The smallest absolute Gasteiger partial charge is 0.253 e. The van der Waals surface area contributed by atoms with Crippen molar-refractivity contribution in [3.8, 4) is 11.4 Å². The molecule has 5 heteroatoms. The molecule has 2 heterocycles. The van der Waals surface area contributed by atoms with Crippen LogP contribution >= 0.6 is 11.6 Å². The second kappa shape index (κ2) is 7.89. The van der Waals surface area contributed by atoms with Crippen LogP contribution < -0.4 is 0 Å². The maximum absolute atomic E-state index is 12.9. The lowest BCUT2D eigenvalue weighted by atomic mass is 9.94. The summed E-state index contributed by atoms with van der Waals surface area (Å²) in [6, 6.07) is 19.1. The number of rotatable bonds is 3. The third-order valence-electron chi connectivity index (χ3n) is 4.91. The Balaban J connectivity index is 1.54. The Morgan fingerprint density at radius 2 is 1.93 bits per heavy atom. The normalized spacial score (nSPS) is 16.9. The van der Waals surface area contributed by atoms with E-state index in [9.17, 15) is 4.79 Å². The van der Waals surface area contributed by atoms with Crippen molar-refractivity contribution in [1.29, 1.82) is 0 Å². The van der Waals surface area contributed by atoms with Crippen molar-refractivity contribution >= 4 is 17.5 Å². The number of carbonyl (C=O) groups is 1. The van der Waals surface area contributed by atoms with Gasteiger partial charge in [0.2, 0.25) is 0 Å². The van der Waals surface area contributed by atoms with Crippen LogP contribution in [0.15, 0.2) is 66.9 Å². The van der Waals surface area contributed by atoms with E-state index in [-0.39, 0.29) is 11.8 Å². The third kappa shape index (κ3) is 4.01. The number of amides is 1. The van der Waals surface area contributed by atoms with Gasteiger partial charge in [0.15, 0.2) is 5.82 Å². The van der Waals surface area contributed by atoms with Gasteiger partial charge in [-0.3, -0.25) is 4.79 Å². The van der Waals surface area contributed by atoms with Gasteiger partial charge >= 0.3 is 0 Å². The average molecular weight is 378 g/mol. The number of hydrogen-bond donors (Lipinski definition) is 0. The van der Waals surface area contributed by atoms with Gasteiger partial charge in [-0.15, -0.1) is 0 Å². The molecule has 1 saturated heterocycles. The first-order valence-corrected chi connectivity index (χ1v) is 9.52. The molecule has 0 radical (unpaired) electrons. The summed E-state index contributed by atoms with van der Waals surface area (Å²) in [6.45, 7) is 1.43. The summed E-state index contributed by atoms with van der Waals surface area (Å²) in [5.41, 5.74) is 2.63. The number of hydrogen-bond acceptors (Lipinski definition) is 3. The Morgan fingerprint density at radius 1 is 1.07 bits per heavy atom. The molecule has 27 heavy (non-hydrogen) atoms. The zero-order valence-electron chi connectivity index (χ0n) is 14.9. The topological polar surface area (TPSA) is 46.1 Å². The van der Waals surface area contributed by atoms with Crippen molar-refractivity contribution < 1.29 is 4.79 Å². The summed E-state index contributed by atoms with van der Waals surface area (Å²) >= 11 is 6.04. The summed E-state index contributed by atoms with van der Waals surface area (Å²) in [5.74, 6) is 0.971. The number of halogens is 1. The molecule has 1 atom stereocenters. The lowest BCUT2D eigenvalue weighted by molar-refractivity contribution is 0.0706. The maximum Gasteiger partial charge on any atom is 0.253 e. The molecule has 0 saturated carbocycles. The Labute approximate surface area is 163 Å². The maximum atomic E-state index is 12.9. The highest BCUT2D eigenvalue weighted by Gasteiger charge is 2.26. The third-order valence-corrected chi connectivity index (χ3v) is 5.14. The van der Waals surface area contributed by atoms with Crippen molar-refractivity contribution in [1.82, 2.24) is 14.9 Å². The fourth-order valence-corrected chi connectivity index (χ4v) is 3.72. The SMILES string of the molecule is O=C(c1cccc(Cl)c1)N1CCCC(c2ccnc(-c3ccccc3)n2)C1. The van der Waals surface area contributed by atoms with Crippen molar-refractivity contribution in [2.75, 3.05) is 13.1 Å². The molecule has 2 aromatic carbocycles. The monoisotopic (exact) mass is 377 g/mol. The van der Waals surface area contributed by atoms with E-state index >= 15 is 0 Å². The van der Waals surface area contributed by atoms with Crippen LogP contribution in [-0.2, 0) is 0 Å². The molecule has 0 bridgehead atoms. The molecule has 1 fully saturated rings. The molecule has 1 aliphatic heterocycles. The molecule has 4 rings (SSSR count). The predicted molar refractivity (Wildman–Crippen MR) is 107 cm³/mol. The molecular formula is C22H20ClN3O. The second-order valence-electron chi connectivity index (χ2n) is 6.77. The quantitative estimate of drug-likeness (QED) is 0.657. The molecule has 4 nitrogen and oxygen atoms in total. The molecule has 0 aliphatic carbocycles. The molecule has 1 unspecified atom stereocenters. The fraction of sp³-hybridized carbons (Fsp3) is 0.227. The van der Waals surface area contributed by atoms with Gasteiger partial charge in [0, 0.05) is 47.0 Å². The summed E-state index contributed by atoms with van der Waals surface area (Å²) < 4.78 is 0. The molecule has 0 N–H and O–H groups in total. The van der Waals surface area contributed by atoms with E-state index in [0.29, 0.717) is 17.1 Å². The first-order valence-electron chi connectivity index (χ1n) is 9.14. The van der Waals surface area contributed by atoms with Crippen LogP contribution in [0, 0.1) is 0 Å². The molecule has 3 aromatic rings. The summed E-state index contributed by atoms with van der Waals surface area (Å²) in [6.07, 6.45) is 3.79. The predicted octanol–water partition coefficient (Wildman–Crippen LogP) is 4.82. The first kappa shape index (κ1) is 17.7. The molecule has 1 amide bonds. The van der Waals surface area contributed by atoms with E-state index in [1.165, 1.54) is 0 Å². The lowest BCUT2D eigenvalue weighted by Gasteiger charge is -2.32. The van der Waals surface area contributed by atoms with Crippen molar-refractivity contribution in [2.24, 2.45) is 0 Å². The Bertz CT molecular complexity index is 945. The van der Waals surface area contributed by atoms with Crippen LogP contribution in [0.25, 0.3) is 11.4 Å². The largest absolute Gasteiger partial charge is 0.338 e. The lowest BCUT2D eigenvalue weighted by Crippen LogP contribution is -2.39. The average Bonchev–Trinajstić information content (AvgIpc) is 2.74.